The molecular weight excluding hydrogens is 316 g/mol. The Hall–Kier alpha value is -1.18. The number of nitrogens with zero attached hydrogens (tertiary/aromatic N) is 2. The van der Waals surface area contributed by atoms with Gasteiger partial charge < -0.3 is 9.47 Å². The van der Waals surface area contributed by atoms with E-state index in [1.165, 1.54) is 0 Å². The molecule has 2 aliphatic carbocycles. The molecule has 0 N–H and O–H groups in total. The number of hydrogen-bond acceptors (Lipinski definition) is 5. The monoisotopic (exact) mass is 338 g/mol. The fourth-order valence-corrected chi connectivity index (χ4v) is 5.71. The molecule has 23 heavy (non-hydrogen) atoms. The molecule has 0 amide bonds. The van der Waals surface area contributed by atoms with Gasteiger partial charge in [-0.3, -0.25) is 0 Å². The normalized spacial score (nSPS) is 31.7. The smallest absolute Gasteiger partial charge is 0.217 e. The van der Waals surface area contributed by atoms with Gasteiger partial charge in [0.05, 0.1) is 30.6 Å². The Morgan fingerprint density at radius 1 is 1.30 bits per heavy atom. The lowest BCUT2D eigenvalue weighted by Gasteiger charge is -2.36. The maximum absolute atomic E-state index is 12.6. The number of ether oxygens (including phenoxy) is 2. The van der Waals surface area contributed by atoms with Crippen molar-refractivity contribution in [2.24, 2.45) is 5.92 Å². The second-order valence-electron chi connectivity index (χ2n) is 6.65. The summed E-state index contributed by atoms with van der Waals surface area (Å²) < 4.78 is 38.5. The van der Waals surface area contributed by atoms with Crippen molar-refractivity contribution < 1.29 is 17.9 Å². The number of pyridine rings is 1. The molecule has 126 valence electrons. The number of fused-ring (bicyclic) bond motifs is 1. The van der Waals surface area contributed by atoms with Crippen molar-refractivity contribution >= 4 is 10.0 Å². The lowest BCUT2D eigenvalue weighted by atomic mass is 10.1. The minimum Gasteiger partial charge on any atom is -0.477 e. The number of morpholine rings is 1. The molecule has 1 aromatic heterocycles. The van der Waals surface area contributed by atoms with Crippen LogP contribution in [0.1, 0.15) is 25.7 Å². The number of hydrogen-bond donors (Lipinski definition) is 0. The second kappa shape index (κ2) is 6.03. The first-order chi connectivity index (χ1) is 11.1. The molecule has 1 aliphatic heterocycles. The summed E-state index contributed by atoms with van der Waals surface area (Å²) in [5.74, 6) is 0.924. The summed E-state index contributed by atoms with van der Waals surface area (Å²) in [7, 11) is -3.13. The topological polar surface area (TPSA) is 68.7 Å². The van der Waals surface area contributed by atoms with Crippen molar-refractivity contribution in [3.05, 3.63) is 24.4 Å². The van der Waals surface area contributed by atoms with Crippen LogP contribution < -0.4 is 4.74 Å². The molecule has 0 spiro atoms. The third kappa shape index (κ3) is 3.09. The first kappa shape index (κ1) is 15.4. The van der Waals surface area contributed by atoms with Gasteiger partial charge in [0.1, 0.15) is 0 Å². The highest BCUT2D eigenvalue weighted by Gasteiger charge is 2.49. The molecule has 1 saturated heterocycles. The zero-order valence-corrected chi connectivity index (χ0v) is 13.8. The first-order valence-corrected chi connectivity index (χ1v) is 9.81. The largest absolute Gasteiger partial charge is 0.477 e. The van der Waals surface area contributed by atoms with Gasteiger partial charge in [0.15, 0.2) is 0 Å². The highest BCUT2D eigenvalue weighted by atomic mass is 32.2. The van der Waals surface area contributed by atoms with Crippen molar-refractivity contribution in [2.75, 3.05) is 19.8 Å². The molecule has 3 aliphatic rings. The van der Waals surface area contributed by atoms with E-state index in [-0.39, 0.29) is 17.4 Å². The van der Waals surface area contributed by atoms with E-state index >= 15 is 0 Å². The summed E-state index contributed by atoms with van der Waals surface area (Å²) in [6.45, 7) is 1.56. The van der Waals surface area contributed by atoms with Crippen LogP contribution in [0.4, 0.5) is 0 Å². The predicted octanol–water partition coefficient (Wildman–Crippen LogP) is 1.43. The summed E-state index contributed by atoms with van der Waals surface area (Å²) in [5.41, 5.74) is 0. The Morgan fingerprint density at radius 2 is 2.17 bits per heavy atom. The summed E-state index contributed by atoms with van der Waals surface area (Å²) in [4.78, 5) is 4.16. The molecule has 0 bridgehead atoms. The second-order valence-corrected chi connectivity index (χ2v) is 8.81. The Balaban J connectivity index is 1.41. The number of sulfonamides is 1. The van der Waals surface area contributed by atoms with E-state index in [0.717, 1.165) is 25.7 Å². The minimum absolute atomic E-state index is 0.00890. The quantitative estimate of drug-likeness (QED) is 0.812. The van der Waals surface area contributed by atoms with E-state index in [2.05, 4.69) is 4.98 Å². The van der Waals surface area contributed by atoms with Gasteiger partial charge in [-0.05, 0) is 37.7 Å². The molecule has 0 unspecified atom stereocenters. The Bertz CT molecular complexity index is 647. The van der Waals surface area contributed by atoms with Crippen LogP contribution in [-0.2, 0) is 14.8 Å². The van der Waals surface area contributed by atoms with E-state index in [0.29, 0.717) is 31.6 Å². The van der Waals surface area contributed by atoms with Crippen molar-refractivity contribution in [1.29, 1.82) is 0 Å². The third-order valence-electron chi connectivity index (χ3n) is 4.96. The van der Waals surface area contributed by atoms with Gasteiger partial charge >= 0.3 is 0 Å². The molecule has 1 aromatic rings. The van der Waals surface area contributed by atoms with Gasteiger partial charge in [-0.2, -0.15) is 4.31 Å². The van der Waals surface area contributed by atoms with E-state index < -0.39 is 10.0 Å². The van der Waals surface area contributed by atoms with E-state index in [1.807, 2.05) is 18.2 Å². The van der Waals surface area contributed by atoms with Crippen molar-refractivity contribution in [2.45, 2.75) is 43.1 Å². The lowest BCUT2D eigenvalue weighted by Crippen LogP contribution is -2.52. The number of rotatable bonds is 5. The van der Waals surface area contributed by atoms with Gasteiger partial charge in [0.25, 0.3) is 0 Å². The van der Waals surface area contributed by atoms with Gasteiger partial charge in [-0.25, -0.2) is 13.4 Å². The summed E-state index contributed by atoms with van der Waals surface area (Å²) in [6, 6.07) is 5.56. The highest BCUT2D eigenvalue weighted by molar-refractivity contribution is 7.90. The molecule has 2 heterocycles. The van der Waals surface area contributed by atoms with Gasteiger partial charge in [-0.15, -0.1) is 0 Å². The first-order valence-electron chi connectivity index (χ1n) is 8.30. The van der Waals surface area contributed by atoms with Crippen LogP contribution in [0.15, 0.2) is 24.4 Å². The van der Waals surface area contributed by atoms with Gasteiger partial charge in [-0.1, -0.05) is 6.07 Å². The third-order valence-corrected chi connectivity index (χ3v) is 7.38. The Kier molecular flexibility index (Phi) is 4.03. The number of aromatic nitrogens is 1. The van der Waals surface area contributed by atoms with E-state index in [4.69, 9.17) is 9.47 Å². The van der Waals surface area contributed by atoms with Gasteiger partial charge in [0, 0.05) is 18.8 Å². The lowest BCUT2D eigenvalue weighted by molar-refractivity contribution is -0.0249. The fraction of sp³-hybridized carbons (Fsp3) is 0.688. The molecule has 3 fully saturated rings. The Morgan fingerprint density at radius 3 is 2.91 bits per heavy atom. The maximum atomic E-state index is 12.6. The van der Waals surface area contributed by atoms with Crippen molar-refractivity contribution in [3.8, 4) is 5.88 Å². The fourth-order valence-electron chi connectivity index (χ4n) is 3.66. The predicted molar refractivity (Wildman–Crippen MR) is 84.6 cm³/mol. The molecule has 6 nitrogen and oxygen atoms in total. The van der Waals surface area contributed by atoms with Crippen LogP contribution in [0, 0.1) is 5.92 Å². The van der Waals surface area contributed by atoms with Crippen LogP contribution in [0.5, 0.6) is 5.88 Å². The van der Waals surface area contributed by atoms with E-state index in [1.54, 1.807) is 10.5 Å². The molecule has 2 saturated carbocycles. The molecule has 0 aromatic carbocycles. The van der Waals surface area contributed by atoms with Crippen LogP contribution in [0.25, 0.3) is 0 Å². The molecular formula is C16H22N2O4S. The summed E-state index contributed by atoms with van der Waals surface area (Å²) in [6.07, 6.45) is 5.00. The van der Waals surface area contributed by atoms with Gasteiger partial charge in [0.2, 0.25) is 15.9 Å². The molecule has 3 atom stereocenters. The standard InChI is InChI=1S/C16H22N2O4S/c19-23(20,13-4-5-13)18-7-8-21-15-10-12(9-14(15)18)11-22-16-3-1-2-6-17-16/h1-3,6,12-15H,4-5,7-11H2/t12-,14+,15+/m0/s1. The summed E-state index contributed by atoms with van der Waals surface area (Å²) >= 11 is 0. The Labute approximate surface area is 136 Å². The SMILES string of the molecule is O=S(=O)(C1CC1)N1CCO[C@@H]2C[C@@H](COc3ccccn3)C[C@H]21. The molecule has 7 heteroatoms. The maximum Gasteiger partial charge on any atom is 0.217 e. The van der Waals surface area contributed by atoms with Crippen LogP contribution in [0.2, 0.25) is 0 Å². The van der Waals surface area contributed by atoms with E-state index in [9.17, 15) is 8.42 Å². The van der Waals surface area contributed by atoms with Crippen LogP contribution in [-0.4, -0.2) is 54.9 Å². The highest BCUT2D eigenvalue weighted by Crippen LogP contribution is 2.40. The molecule has 4 rings (SSSR count). The summed E-state index contributed by atoms with van der Waals surface area (Å²) in [5, 5.41) is -0.148. The van der Waals surface area contributed by atoms with Crippen molar-refractivity contribution in [3.63, 3.8) is 0 Å². The van der Waals surface area contributed by atoms with Crippen LogP contribution in [0.3, 0.4) is 0 Å². The van der Waals surface area contributed by atoms with Crippen molar-refractivity contribution in [1.82, 2.24) is 9.29 Å². The zero-order valence-electron chi connectivity index (χ0n) is 13.0. The average molecular weight is 338 g/mol. The molecule has 0 radical (unpaired) electrons. The average Bonchev–Trinajstić information content (AvgIpc) is 3.34. The minimum atomic E-state index is -3.13. The van der Waals surface area contributed by atoms with Crippen LogP contribution >= 0.6 is 0 Å². The zero-order chi connectivity index (χ0) is 15.9.